The Balaban J connectivity index is 1.36. The van der Waals surface area contributed by atoms with Crippen LogP contribution in [0, 0.1) is 6.92 Å². The minimum absolute atomic E-state index is 0.0174. The third-order valence-electron chi connectivity index (χ3n) is 9.97. The van der Waals surface area contributed by atoms with Gasteiger partial charge in [0, 0.05) is 36.0 Å². The quantitative estimate of drug-likeness (QED) is 0.0391. The molecule has 0 unspecified atom stereocenters. The van der Waals surface area contributed by atoms with Crippen molar-refractivity contribution in [1.82, 2.24) is 27.9 Å². The van der Waals surface area contributed by atoms with Crippen LogP contribution in [0.4, 0.5) is 20.4 Å². The molecule has 0 saturated carbocycles. The van der Waals surface area contributed by atoms with Crippen LogP contribution in [0.1, 0.15) is 72.4 Å². The number of aryl methyl sites for hydroxylation is 2. The van der Waals surface area contributed by atoms with E-state index in [1.807, 2.05) is 37.4 Å². The Kier molecular flexibility index (Phi) is 16.2. The number of aromatic nitrogens is 4. The predicted octanol–water partition coefficient (Wildman–Crippen LogP) is 6.37. The third-order valence-corrected chi connectivity index (χ3v) is 15.9. The van der Waals surface area contributed by atoms with E-state index in [9.17, 15) is 4.79 Å². The van der Waals surface area contributed by atoms with Crippen molar-refractivity contribution in [2.75, 3.05) is 40.4 Å². The summed E-state index contributed by atoms with van der Waals surface area (Å²) in [7, 11) is 0. The maximum absolute atomic E-state index is 15.0. The number of benzene rings is 2. The zero-order valence-electron chi connectivity index (χ0n) is 31.7. The molecular weight excluding hydrogens is 1360 g/mol. The third kappa shape index (κ3) is 11.6. The van der Waals surface area contributed by atoms with E-state index in [-0.39, 0.29) is 37.3 Å². The van der Waals surface area contributed by atoms with Crippen LogP contribution >= 0.6 is 68.0 Å². The number of hydrogen-bond acceptors (Lipinski definition) is 7. The van der Waals surface area contributed by atoms with Crippen LogP contribution in [0.2, 0.25) is 0 Å². The molecule has 2 aromatic carbocycles. The van der Waals surface area contributed by atoms with Crippen molar-refractivity contribution in [3.05, 3.63) is 111 Å². The molecule has 0 radical (unpaired) electrons. The van der Waals surface area contributed by atoms with Gasteiger partial charge >= 0.3 is 349 Å². The number of fused-ring (bicyclic) bond motifs is 1. The average molecular weight is 1400 g/mol. The van der Waals surface area contributed by atoms with E-state index in [4.69, 9.17) is 9.97 Å². The van der Waals surface area contributed by atoms with Crippen molar-refractivity contribution in [3.63, 3.8) is 0 Å². The summed E-state index contributed by atoms with van der Waals surface area (Å²) in [6, 6.07) is 17.4. The van der Waals surface area contributed by atoms with Crippen LogP contribution in [0.25, 0.3) is 22.3 Å². The standard InChI is InChI=1S/C41H45F2I4N7O.Tl/c1-4-16-48-17-15-47-14-11-28-9-10-32(22-35(28)41(3,42)43)51-40-50-24-31-21-34(36-26(2)20-30(23-49-36)27-12-18-53(46)19-13-27)39(55)54(38(31)52-40)25-29-7-5-6-8-33(29)37(44)45;/h5-10,20-24,27,48H,4,11-19,25H2,1-3H3,(H,50,51,52);/q-1;. The van der Waals surface area contributed by atoms with E-state index >= 15 is 8.78 Å². The van der Waals surface area contributed by atoms with Gasteiger partial charge in [-0.1, -0.05) is 0 Å². The van der Waals surface area contributed by atoms with Crippen molar-refractivity contribution in [2.45, 2.75) is 63.8 Å². The molecule has 0 spiro atoms. The summed E-state index contributed by atoms with van der Waals surface area (Å²) >= 11 is 7.97. The van der Waals surface area contributed by atoms with Gasteiger partial charge < -0.3 is 0 Å². The van der Waals surface area contributed by atoms with Crippen LogP contribution in [0.15, 0.2) is 71.8 Å². The molecule has 5 aromatic rings. The Morgan fingerprint density at radius 1 is 0.982 bits per heavy atom. The Labute approximate surface area is 395 Å². The van der Waals surface area contributed by atoms with Crippen molar-refractivity contribution in [3.8, 4) is 11.3 Å². The van der Waals surface area contributed by atoms with Crippen molar-refractivity contribution in [1.29, 1.82) is 0 Å². The van der Waals surface area contributed by atoms with Gasteiger partial charge in [-0.2, -0.15) is 0 Å². The fraction of sp³-hybridized carbons (Fsp3) is 0.415. The van der Waals surface area contributed by atoms with Crippen LogP contribution in [-0.2, 0) is 17.9 Å². The van der Waals surface area contributed by atoms with Crippen LogP contribution in [-0.4, -0.2) is 83.4 Å². The number of piperidine rings is 1. The minimum atomic E-state index is -3.00. The van der Waals surface area contributed by atoms with Crippen molar-refractivity contribution in [2.24, 2.45) is 0 Å². The van der Waals surface area contributed by atoms with Crippen LogP contribution < -0.4 is 37.4 Å². The maximum atomic E-state index is 15.0. The Hall–Kier alpha value is -0.698. The van der Waals surface area contributed by atoms with Gasteiger partial charge in [0.1, 0.15) is 0 Å². The number of nitrogens with one attached hydrogen (secondary N) is 2. The number of anilines is 2. The van der Waals surface area contributed by atoms with E-state index in [1.54, 1.807) is 16.8 Å². The molecule has 0 atom stereocenters. The fourth-order valence-electron chi connectivity index (χ4n) is 7.08. The SMILES string of the molecule is CCCNCC[I-]CCc1ccc(Nc2ncc3cc(-c4ncc(C5CCN(I)CC5)cc4C)c(=O)n(Cc4ccccc4[C](I)(I)[Tl])c3n2)cc1C(C)(F)F. The second-order valence-corrected chi connectivity index (χ2v) is 36.8. The second-order valence-electron chi connectivity index (χ2n) is 14.3. The number of alkyl halides is 6. The number of rotatable bonds is 16. The molecule has 0 aliphatic carbocycles. The first kappa shape index (κ1) is 44.8. The monoisotopic (exact) mass is 1400 g/mol. The van der Waals surface area contributed by atoms with Crippen LogP contribution in [0.3, 0.4) is 0 Å². The van der Waals surface area contributed by atoms with E-state index in [2.05, 4.69) is 112 Å². The van der Waals surface area contributed by atoms with Crippen LogP contribution in [0.5, 0.6) is 0 Å². The Morgan fingerprint density at radius 3 is 2.46 bits per heavy atom. The van der Waals surface area contributed by atoms with E-state index in [0.29, 0.717) is 78.2 Å². The first-order chi connectivity index (χ1) is 26.7. The molecular formula is C41H45F2I4N7OTl-. The van der Waals surface area contributed by atoms with Gasteiger partial charge in [-0.15, -0.1) is 0 Å². The molecule has 8 nitrogen and oxygen atoms in total. The topological polar surface area (TPSA) is 88.0 Å². The van der Waals surface area contributed by atoms with Gasteiger partial charge in [0.15, 0.2) is 0 Å². The zero-order valence-corrected chi connectivity index (χ0v) is 44.8. The number of hydrogen-bond donors (Lipinski definition) is 2. The van der Waals surface area contributed by atoms with Crippen molar-refractivity contribution >= 4 is 116 Å². The van der Waals surface area contributed by atoms with Gasteiger partial charge in [0.25, 0.3) is 0 Å². The first-order valence-electron chi connectivity index (χ1n) is 18.8. The molecule has 0 bridgehead atoms. The molecule has 1 fully saturated rings. The molecule has 296 valence electrons. The summed E-state index contributed by atoms with van der Waals surface area (Å²) in [6.45, 7) is 9.55. The summed E-state index contributed by atoms with van der Waals surface area (Å²) in [5.74, 6) is -2.33. The van der Waals surface area contributed by atoms with Gasteiger partial charge in [0.05, 0.1) is 0 Å². The summed E-state index contributed by atoms with van der Waals surface area (Å²) in [5.41, 5.74) is 6.98. The van der Waals surface area contributed by atoms with Gasteiger partial charge in [-0.3, -0.25) is 0 Å². The molecule has 6 rings (SSSR count). The first-order valence-corrected chi connectivity index (χ1v) is 27.2. The zero-order chi connectivity index (χ0) is 40.0. The Bertz CT molecular complexity index is 2200. The normalized spacial score (nSPS) is 14.5. The molecule has 1 aliphatic rings. The summed E-state index contributed by atoms with van der Waals surface area (Å²) < 4.78 is 36.1. The molecule has 1 aliphatic heterocycles. The van der Waals surface area contributed by atoms with E-state index in [0.717, 1.165) is 72.3 Å². The van der Waals surface area contributed by atoms with Gasteiger partial charge in [-0.25, -0.2) is 3.11 Å². The predicted molar refractivity (Wildman–Crippen MR) is 246 cm³/mol. The fourth-order valence-corrected chi connectivity index (χ4v) is 12.0. The molecule has 1 saturated heterocycles. The molecule has 3 aromatic heterocycles. The summed E-state index contributed by atoms with van der Waals surface area (Å²) in [4.78, 5) is 29.2. The van der Waals surface area contributed by atoms with E-state index < -0.39 is 5.92 Å². The molecule has 0 amide bonds. The average Bonchev–Trinajstić information content (AvgIpc) is 3.16. The summed E-state index contributed by atoms with van der Waals surface area (Å²) in [5, 5.41) is 7.31. The molecule has 4 heterocycles. The number of pyridine rings is 2. The Morgan fingerprint density at radius 2 is 1.75 bits per heavy atom. The molecule has 2 N–H and O–H groups in total. The van der Waals surface area contributed by atoms with E-state index in [1.165, 1.54) is 17.2 Å². The second kappa shape index (κ2) is 20.2. The number of nitrogens with zero attached hydrogens (tertiary/aromatic N) is 5. The molecule has 15 heteroatoms. The van der Waals surface area contributed by atoms with Crippen molar-refractivity contribution < 1.29 is 30.0 Å². The van der Waals surface area contributed by atoms with Gasteiger partial charge in [-0.05, 0) is 12.8 Å². The summed E-state index contributed by atoms with van der Waals surface area (Å²) in [6.07, 6.45) is 7.55. The number of halogens is 6. The molecule has 56 heavy (non-hydrogen) atoms. The van der Waals surface area contributed by atoms with Gasteiger partial charge in [0.2, 0.25) is 0 Å².